The van der Waals surface area contributed by atoms with Crippen LogP contribution in [0.2, 0.25) is 0 Å². The van der Waals surface area contributed by atoms with Crippen molar-refractivity contribution in [3.63, 3.8) is 0 Å². The standard InChI is InChI=1S/C11H17N3OS/c1-4-12-7-9(1)11-13-10(14-15-11)8-2-5-16-6-3-8/h8-9,12H,1-7H2/t9-/m0/s1. The highest BCUT2D eigenvalue weighted by Crippen LogP contribution is 2.31. The summed E-state index contributed by atoms with van der Waals surface area (Å²) in [6.45, 7) is 2.06. The summed E-state index contributed by atoms with van der Waals surface area (Å²) in [5, 5.41) is 7.49. The van der Waals surface area contributed by atoms with Gasteiger partial charge >= 0.3 is 0 Å². The maximum absolute atomic E-state index is 5.39. The van der Waals surface area contributed by atoms with Crippen LogP contribution in [0.15, 0.2) is 4.52 Å². The van der Waals surface area contributed by atoms with Gasteiger partial charge < -0.3 is 9.84 Å². The van der Waals surface area contributed by atoms with Crippen molar-refractivity contribution in [3.05, 3.63) is 11.7 Å². The van der Waals surface area contributed by atoms with E-state index in [-0.39, 0.29) is 0 Å². The van der Waals surface area contributed by atoms with Gasteiger partial charge in [0.1, 0.15) is 0 Å². The topological polar surface area (TPSA) is 51.0 Å². The van der Waals surface area contributed by atoms with Crippen LogP contribution in [-0.4, -0.2) is 34.7 Å². The first kappa shape index (κ1) is 10.6. The molecule has 1 atom stereocenters. The summed E-state index contributed by atoms with van der Waals surface area (Å²) in [6.07, 6.45) is 3.53. The zero-order chi connectivity index (χ0) is 10.8. The fraction of sp³-hybridized carbons (Fsp3) is 0.818. The number of thioether (sulfide) groups is 1. The summed E-state index contributed by atoms with van der Waals surface area (Å²) in [5.41, 5.74) is 0. The van der Waals surface area contributed by atoms with Crippen molar-refractivity contribution in [2.75, 3.05) is 24.6 Å². The Balaban J connectivity index is 1.71. The van der Waals surface area contributed by atoms with Crippen molar-refractivity contribution >= 4 is 11.8 Å². The first-order valence-electron chi connectivity index (χ1n) is 6.05. The third-order valence-corrected chi connectivity index (χ3v) is 4.50. The van der Waals surface area contributed by atoms with E-state index in [2.05, 4.69) is 15.5 Å². The molecule has 1 aromatic rings. The van der Waals surface area contributed by atoms with Gasteiger partial charge in [0.05, 0.1) is 5.92 Å². The molecule has 0 aliphatic carbocycles. The predicted molar refractivity (Wildman–Crippen MR) is 63.8 cm³/mol. The minimum atomic E-state index is 0.444. The number of hydrogen-bond acceptors (Lipinski definition) is 5. The van der Waals surface area contributed by atoms with Crippen molar-refractivity contribution in [2.24, 2.45) is 0 Å². The molecule has 2 aliphatic heterocycles. The normalized spacial score (nSPS) is 27.4. The molecule has 0 spiro atoms. The molecule has 0 radical (unpaired) electrons. The third-order valence-electron chi connectivity index (χ3n) is 3.45. The van der Waals surface area contributed by atoms with Crippen LogP contribution >= 0.6 is 11.8 Å². The zero-order valence-electron chi connectivity index (χ0n) is 9.32. The Bertz CT molecular complexity index is 343. The van der Waals surface area contributed by atoms with Crippen LogP contribution in [0.3, 0.4) is 0 Å². The Morgan fingerprint density at radius 3 is 2.81 bits per heavy atom. The van der Waals surface area contributed by atoms with E-state index in [0.29, 0.717) is 11.8 Å². The summed E-state index contributed by atoms with van der Waals surface area (Å²) in [5.74, 6) is 5.24. The van der Waals surface area contributed by atoms with Crippen molar-refractivity contribution in [1.82, 2.24) is 15.5 Å². The first-order chi connectivity index (χ1) is 7.93. The van der Waals surface area contributed by atoms with E-state index in [1.807, 2.05) is 11.8 Å². The van der Waals surface area contributed by atoms with Crippen LogP contribution < -0.4 is 5.32 Å². The summed E-state index contributed by atoms with van der Waals surface area (Å²) in [7, 11) is 0. The molecule has 16 heavy (non-hydrogen) atoms. The van der Waals surface area contributed by atoms with Crippen LogP contribution in [0.5, 0.6) is 0 Å². The largest absolute Gasteiger partial charge is 0.339 e. The Kier molecular flexibility index (Phi) is 3.15. The van der Waals surface area contributed by atoms with Gasteiger partial charge in [-0.1, -0.05) is 5.16 Å². The molecule has 5 heteroatoms. The summed E-state index contributed by atoms with van der Waals surface area (Å²) in [6, 6.07) is 0. The average molecular weight is 239 g/mol. The third kappa shape index (κ3) is 2.11. The highest BCUT2D eigenvalue weighted by molar-refractivity contribution is 7.99. The summed E-state index contributed by atoms with van der Waals surface area (Å²) < 4.78 is 5.39. The van der Waals surface area contributed by atoms with Crippen LogP contribution in [0.25, 0.3) is 0 Å². The van der Waals surface area contributed by atoms with E-state index < -0.39 is 0 Å². The zero-order valence-corrected chi connectivity index (χ0v) is 10.1. The minimum absolute atomic E-state index is 0.444. The predicted octanol–water partition coefficient (Wildman–Crippen LogP) is 1.76. The Labute approximate surface area is 99.6 Å². The molecule has 3 rings (SSSR count). The second kappa shape index (κ2) is 4.75. The fourth-order valence-electron chi connectivity index (χ4n) is 2.40. The SMILES string of the molecule is C1C[C@H](c2nc(C3CCSCC3)no2)CN1. The number of hydrogen-bond donors (Lipinski definition) is 1. The van der Waals surface area contributed by atoms with E-state index >= 15 is 0 Å². The van der Waals surface area contributed by atoms with Crippen LogP contribution in [0, 0.1) is 0 Å². The minimum Gasteiger partial charge on any atom is -0.339 e. The highest BCUT2D eigenvalue weighted by Gasteiger charge is 2.26. The molecule has 0 aromatic carbocycles. The summed E-state index contributed by atoms with van der Waals surface area (Å²) in [4.78, 5) is 4.59. The molecule has 0 unspecified atom stereocenters. The Morgan fingerprint density at radius 1 is 1.19 bits per heavy atom. The van der Waals surface area contributed by atoms with E-state index in [1.54, 1.807) is 0 Å². The van der Waals surface area contributed by atoms with E-state index in [1.165, 1.54) is 24.3 Å². The molecule has 0 amide bonds. The molecule has 0 saturated carbocycles. The van der Waals surface area contributed by atoms with Gasteiger partial charge in [0.15, 0.2) is 5.82 Å². The molecular weight excluding hydrogens is 222 g/mol. The molecule has 2 fully saturated rings. The molecule has 0 bridgehead atoms. The van der Waals surface area contributed by atoms with Gasteiger partial charge in [-0.05, 0) is 37.3 Å². The number of aromatic nitrogens is 2. The second-order valence-corrected chi connectivity index (χ2v) is 5.79. The molecule has 2 saturated heterocycles. The first-order valence-corrected chi connectivity index (χ1v) is 7.21. The molecule has 1 aromatic heterocycles. The molecular formula is C11H17N3OS. The molecule has 1 N–H and O–H groups in total. The van der Waals surface area contributed by atoms with E-state index in [4.69, 9.17) is 4.52 Å². The molecule has 2 aliphatic rings. The quantitative estimate of drug-likeness (QED) is 0.852. The Hall–Kier alpha value is -0.550. The Morgan fingerprint density at radius 2 is 2.06 bits per heavy atom. The van der Waals surface area contributed by atoms with E-state index in [9.17, 15) is 0 Å². The average Bonchev–Trinajstić information content (AvgIpc) is 3.01. The van der Waals surface area contributed by atoms with Gasteiger partial charge in [-0.3, -0.25) is 0 Å². The van der Waals surface area contributed by atoms with Gasteiger partial charge in [0.2, 0.25) is 5.89 Å². The van der Waals surface area contributed by atoms with Crippen molar-refractivity contribution in [2.45, 2.75) is 31.1 Å². The van der Waals surface area contributed by atoms with Crippen molar-refractivity contribution < 1.29 is 4.52 Å². The lowest BCUT2D eigenvalue weighted by atomic mass is 10.0. The van der Waals surface area contributed by atoms with Gasteiger partial charge in [-0.15, -0.1) is 0 Å². The monoisotopic (exact) mass is 239 g/mol. The number of rotatable bonds is 2. The van der Waals surface area contributed by atoms with E-state index in [0.717, 1.165) is 31.2 Å². The van der Waals surface area contributed by atoms with Crippen molar-refractivity contribution in [1.29, 1.82) is 0 Å². The maximum atomic E-state index is 5.39. The molecule has 4 nitrogen and oxygen atoms in total. The lowest BCUT2D eigenvalue weighted by Gasteiger charge is -2.17. The number of nitrogens with zero attached hydrogens (tertiary/aromatic N) is 2. The molecule has 3 heterocycles. The van der Waals surface area contributed by atoms with Gasteiger partial charge in [-0.25, -0.2) is 0 Å². The van der Waals surface area contributed by atoms with Gasteiger partial charge in [0, 0.05) is 12.5 Å². The smallest absolute Gasteiger partial charge is 0.231 e. The van der Waals surface area contributed by atoms with Gasteiger partial charge in [-0.2, -0.15) is 16.7 Å². The van der Waals surface area contributed by atoms with Crippen molar-refractivity contribution in [3.8, 4) is 0 Å². The second-order valence-electron chi connectivity index (χ2n) is 4.57. The number of nitrogens with one attached hydrogen (secondary N) is 1. The van der Waals surface area contributed by atoms with Crippen LogP contribution in [0.1, 0.15) is 42.8 Å². The maximum Gasteiger partial charge on any atom is 0.231 e. The summed E-state index contributed by atoms with van der Waals surface area (Å²) >= 11 is 2.03. The fourth-order valence-corrected chi connectivity index (χ4v) is 3.51. The highest BCUT2D eigenvalue weighted by atomic mass is 32.2. The van der Waals surface area contributed by atoms with Crippen LogP contribution in [-0.2, 0) is 0 Å². The lowest BCUT2D eigenvalue weighted by Crippen LogP contribution is -2.10. The van der Waals surface area contributed by atoms with Gasteiger partial charge in [0.25, 0.3) is 0 Å². The lowest BCUT2D eigenvalue weighted by molar-refractivity contribution is 0.351. The molecule has 88 valence electrons. The van der Waals surface area contributed by atoms with Crippen LogP contribution in [0.4, 0.5) is 0 Å².